The summed E-state index contributed by atoms with van der Waals surface area (Å²) in [6.45, 7) is 0. The molecule has 0 aliphatic carbocycles. The standard InChI is InChI=1S/C18H16N2O3/c1-19-11-16(14-8-3-4-9-15(14)17(19)21)12-6-5-7-13(10-12)20(2)18(22)23/h3-11H,1-2H3,(H,22,23). The largest absolute Gasteiger partial charge is 0.465 e. The van der Waals surface area contributed by atoms with E-state index in [4.69, 9.17) is 5.11 Å². The lowest BCUT2D eigenvalue weighted by atomic mass is 10.00. The highest BCUT2D eigenvalue weighted by Crippen LogP contribution is 2.29. The smallest absolute Gasteiger partial charge is 0.411 e. The molecule has 0 spiro atoms. The van der Waals surface area contributed by atoms with Crippen molar-refractivity contribution in [1.29, 1.82) is 0 Å². The van der Waals surface area contributed by atoms with Crippen LogP contribution in [0.1, 0.15) is 0 Å². The van der Waals surface area contributed by atoms with Crippen molar-refractivity contribution in [3.8, 4) is 11.1 Å². The van der Waals surface area contributed by atoms with E-state index in [1.807, 2.05) is 30.3 Å². The highest BCUT2D eigenvalue weighted by molar-refractivity contribution is 5.96. The minimum atomic E-state index is -1.02. The van der Waals surface area contributed by atoms with Gasteiger partial charge in [-0.3, -0.25) is 9.69 Å². The van der Waals surface area contributed by atoms with Crippen LogP contribution in [0.5, 0.6) is 0 Å². The van der Waals surface area contributed by atoms with Gasteiger partial charge in [0.25, 0.3) is 5.56 Å². The predicted octanol–water partition coefficient (Wildman–Crippen LogP) is 3.32. The number of pyridine rings is 1. The zero-order chi connectivity index (χ0) is 16.6. The summed E-state index contributed by atoms with van der Waals surface area (Å²) >= 11 is 0. The summed E-state index contributed by atoms with van der Waals surface area (Å²) < 4.78 is 1.55. The van der Waals surface area contributed by atoms with Crippen molar-refractivity contribution >= 4 is 22.6 Å². The number of hydrogen-bond donors (Lipinski definition) is 1. The molecule has 0 radical (unpaired) electrons. The van der Waals surface area contributed by atoms with E-state index in [1.165, 1.54) is 7.05 Å². The molecular weight excluding hydrogens is 292 g/mol. The zero-order valence-electron chi connectivity index (χ0n) is 12.9. The number of carboxylic acid groups (broad SMARTS) is 1. The highest BCUT2D eigenvalue weighted by atomic mass is 16.4. The molecule has 0 aliphatic heterocycles. The van der Waals surface area contributed by atoms with Crippen LogP contribution in [0.2, 0.25) is 0 Å². The molecule has 0 saturated heterocycles. The second-order valence-electron chi connectivity index (χ2n) is 5.40. The molecule has 1 aromatic heterocycles. The predicted molar refractivity (Wildman–Crippen MR) is 91.1 cm³/mol. The van der Waals surface area contributed by atoms with Crippen LogP contribution in [-0.4, -0.2) is 22.8 Å². The number of aromatic nitrogens is 1. The van der Waals surface area contributed by atoms with Crippen LogP contribution in [0.4, 0.5) is 10.5 Å². The van der Waals surface area contributed by atoms with Gasteiger partial charge in [0.05, 0.1) is 0 Å². The normalized spacial score (nSPS) is 10.7. The lowest BCUT2D eigenvalue weighted by Crippen LogP contribution is -2.23. The van der Waals surface area contributed by atoms with Gasteiger partial charge in [-0.15, -0.1) is 0 Å². The van der Waals surface area contributed by atoms with Gasteiger partial charge >= 0.3 is 6.09 Å². The molecule has 0 aliphatic rings. The van der Waals surface area contributed by atoms with Crippen LogP contribution >= 0.6 is 0 Å². The average molecular weight is 308 g/mol. The van der Waals surface area contributed by atoms with Gasteiger partial charge in [-0.25, -0.2) is 4.79 Å². The van der Waals surface area contributed by atoms with Gasteiger partial charge in [0.1, 0.15) is 0 Å². The van der Waals surface area contributed by atoms with E-state index >= 15 is 0 Å². The van der Waals surface area contributed by atoms with Crippen molar-refractivity contribution in [3.05, 3.63) is 65.1 Å². The van der Waals surface area contributed by atoms with Gasteiger partial charge in [0.2, 0.25) is 0 Å². The van der Waals surface area contributed by atoms with Gasteiger partial charge in [-0.1, -0.05) is 30.3 Å². The third kappa shape index (κ3) is 2.57. The van der Waals surface area contributed by atoms with Gasteiger partial charge in [-0.2, -0.15) is 0 Å². The Hall–Kier alpha value is -3.08. The molecule has 5 heteroatoms. The monoisotopic (exact) mass is 308 g/mol. The van der Waals surface area contributed by atoms with Crippen molar-refractivity contribution in [3.63, 3.8) is 0 Å². The number of hydrogen-bond acceptors (Lipinski definition) is 2. The van der Waals surface area contributed by atoms with E-state index in [1.54, 1.807) is 36.0 Å². The number of anilines is 1. The SMILES string of the molecule is CN(C(=O)O)c1cccc(-c2cn(C)c(=O)c3ccccc23)c1. The molecule has 1 amide bonds. The summed E-state index contributed by atoms with van der Waals surface area (Å²) in [5.41, 5.74) is 2.28. The summed E-state index contributed by atoms with van der Waals surface area (Å²) in [7, 11) is 3.21. The van der Waals surface area contributed by atoms with E-state index in [-0.39, 0.29) is 5.56 Å². The summed E-state index contributed by atoms with van der Waals surface area (Å²) in [6, 6.07) is 14.7. The molecule has 0 saturated carbocycles. The van der Waals surface area contributed by atoms with Crippen LogP contribution in [0.25, 0.3) is 21.9 Å². The maximum atomic E-state index is 12.3. The first-order valence-corrected chi connectivity index (χ1v) is 7.14. The Morgan fingerprint density at radius 1 is 1.09 bits per heavy atom. The molecule has 2 aromatic carbocycles. The first-order valence-electron chi connectivity index (χ1n) is 7.14. The summed E-state index contributed by atoms with van der Waals surface area (Å²) in [5.74, 6) is 0. The number of amides is 1. The van der Waals surface area contributed by atoms with Crippen LogP contribution < -0.4 is 10.5 Å². The van der Waals surface area contributed by atoms with Crippen molar-refractivity contribution in [1.82, 2.24) is 4.57 Å². The molecule has 0 bridgehead atoms. The molecule has 3 aromatic rings. The maximum absolute atomic E-state index is 12.3. The third-order valence-electron chi connectivity index (χ3n) is 3.92. The maximum Gasteiger partial charge on any atom is 0.411 e. The Bertz CT molecular complexity index is 960. The van der Waals surface area contributed by atoms with Crippen LogP contribution in [0.3, 0.4) is 0 Å². The molecular formula is C18H16N2O3. The fourth-order valence-corrected chi connectivity index (χ4v) is 2.64. The fraction of sp³-hybridized carbons (Fsp3) is 0.111. The molecule has 3 rings (SSSR count). The molecule has 1 heterocycles. The van der Waals surface area contributed by atoms with E-state index in [2.05, 4.69) is 0 Å². The Labute approximate surface area is 133 Å². The number of benzene rings is 2. The Balaban J connectivity index is 2.26. The minimum Gasteiger partial charge on any atom is -0.465 e. The minimum absolute atomic E-state index is 0.0526. The van der Waals surface area contributed by atoms with Crippen LogP contribution in [0.15, 0.2) is 59.5 Å². The quantitative estimate of drug-likeness (QED) is 0.790. The lowest BCUT2D eigenvalue weighted by molar-refractivity contribution is 0.203. The molecule has 5 nitrogen and oxygen atoms in total. The highest BCUT2D eigenvalue weighted by Gasteiger charge is 2.12. The van der Waals surface area contributed by atoms with E-state index in [0.717, 1.165) is 21.4 Å². The average Bonchev–Trinajstić information content (AvgIpc) is 2.57. The lowest BCUT2D eigenvalue weighted by Gasteiger charge is -2.15. The van der Waals surface area contributed by atoms with Crippen molar-refractivity contribution in [2.45, 2.75) is 0 Å². The Kier molecular flexibility index (Phi) is 3.62. The van der Waals surface area contributed by atoms with Gasteiger partial charge in [0.15, 0.2) is 0 Å². The number of fused-ring (bicyclic) bond motifs is 1. The molecule has 23 heavy (non-hydrogen) atoms. The molecule has 1 N–H and O–H groups in total. The van der Waals surface area contributed by atoms with Crippen molar-refractivity contribution < 1.29 is 9.90 Å². The number of rotatable bonds is 2. The van der Waals surface area contributed by atoms with E-state index in [0.29, 0.717) is 11.1 Å². The van der Waals surface area contributed by atoms with E-state index < -0.39 is 6.09 Å². The second-order valence-corrected chi connectivity index (χ2v) is 5.40. The summed E-state index contributed by atoms with van der Waals surface area (Å²) in [5, 5.41) is 10.6. The van der Waals surface area contributed by atoms with Crippen molar-refractivity contribution in [2.75, 3.05) is 11.9 Å². The van der Waals surface area contributed by atoms with E-state index in [9.17, 15) is 9.59 Å². The first-order chi connectivity index (χ1) is 11.0. The second kappa shape index (κ2) is 5.61. The summed E-state index contributed by atoms with van der Waals surface area (Å²) in [6.07, 6.45) is 0.761. The van der Waals surface area contributed by atoms with Gasteiger partial charge < -0.3 is 9.67 Å². The molecule has 0 fully saturated rings. The van der Waals surface area contributed by atoms with Crippen molar-refractivity contribution in [2.24, 2.45) is 7.05 Å². The summed E-state index contributed by atoms with van der Waals surface area (Å²) in [4.78, 5) is 24.6. The number of nitrogens with zero attached hydrogens (tertiary/aromatic N) is 2. The fourth-order valence-electron chi connectivity index (χ4n) is 2.64. The zero-order valence-corrected chi connectivity index (χ0v) is 12.9. The molecule has 116 valence electrons. The Morgan fingerprint density at radius 2 is 1.78 bits per heavy atom. The van der Waals surface area contributed by atoms with Gasteiger partial charge in [0, 0.05) is 36.9 Å². The molecule has 0 unspecified atom stereocenters. The number of carbonyl (C=O) groups is 1. The third-order valence-corrected chi connectivity index (χ3v) is 3.92. The van der Waals surface area contributed by atoms with Gasteiger partial charge in [-0.05, 0) is 29.1 Å². The molecule has 0 atom stereocenters. The number of aryl methyl sites for hydroxylation is 1. The first kappa shape index (κ1) is 14.8. The topological polar surface area (TPSA) is 62.5 Å². The Morgan fingerprint density at radius 3 is 2.48 bits per heavy atom. The van der Waals surface area contributed by atoms with Crippen LogP contribution in [-0.2, 0) is 7.05 Å². The van der Waals surface area contributed by atoms with Crippen LogP contribution in [0, 0.1) is 0 Å².